The van der Waals surface area contributed by atoms with Crippen molar-refractivity contribution in [3.8, 4) is 0 Å². The average molecular weight is 316 g/mol. The summed E-state index contributed by atoms with van der Waals surface area (Å²) in [5.41, 5.74) is 0. The Bertz CT molecular complexity index is 589. The highest BCUT2D eigenvalue weighted by molar-refractivity contribution is 7.89. The Kier molecular flexibility index (Phi) is 5.02. The first-order valence-electron chi connectivity index (χ1n) is 6.97. The van der Waals surface area contributed by atoms with E-state index in [1.807, 2.05) is 6.92 Å². The number of hydrogen-bond acceptors (Lipinski definition) is 5. The van der Waals surface area contributed by atoms with Crippen molar-refractivity contribution in [3.63, 3.8) is 0 Å². The molecule has 1 aromatic rings. The summed E-state index contributed by atoms with van der Waals surface area (Å²) in [7, 11) is -3.81. The number of hydrogen-bond donors (Lipinski definition) is 2. The lowest BCUT2D eigenvalue weighted by atomic mass is 10.1. The Balaban J connectivity index is 1.95. The molecule has 1 saturated heterocycles. The summed E-state index contributed by atoms with van der Waals surface area (Å²) in [5, 5.41) is 8.37. The Morgan fingerprint density at radius 1 is 1.38 bits per heavy atom. The molecule has 21 heavy (non-hydrogen) atoms. The predicted molar refractivity (Wildman–Crippen MR) is 75.7 cm³/mol. The van der Waals surface area contributed by atoms with Crippen LogP contribution in [0.25, 0.3) is 0 Å². The van der Waals surface area contributed by atoms with Crippen LogP contribution in [0, 0.1) is 0 Å². The van der Waals surface area contributed by atoms with E-state index in [1.165, 1.54) is 6.42 Å². The maximum absolute atomic E-state index is 12.0. The quantitative estimate of drug-likeness (QED) is 0.816. The van der Waals surface area contributed by atoms with Crippen LogP contribution >= 0.6 is 0 Å². The van der Waals surface area contributed by atoms with Crippen LogP contribution in [0.2, 0.25) is 0 Å². The lowest BCUT2D eigenvalue weighted by Gasteiger charge is -2.32. The molecule has 7 nitrogen and oxygen atoms in total. The van der Waals surface area contributed by atoms with Gasteiger partial charge in [0.15, 0.2) is 0 Å². The standard InChI is InChI=1S/C13H20N2O5S/c1-10(15-7-3-2-4-8-15)9-14-21(18,19)12-6-5-11(20-12)13(16)17/h5-6,10,14H,2-4,7-9H2,1H3,(H,16,17). The predicted octanol–water partition coefficient (Wildman–Crippen LogP) is 1.13. The zero-order valence-corrected chi connectivity index (χ0v) is 12.7. The molecule has 1 aliphatic rings. The molecule has 1 fully saturated rings. The maximum Gasteiger partial charge on any atom is 0.371 e. The minimum atomic E-state index is -3.81. The van der Waals surface area contributed by atoms with Crippen molar-refractivity contribution in [3.05, 3.63) is 17.9 Å². The van der Waals surface area contributed by atoms with E-state index in [0.717, 1.165) is 38.1 Å². The molecule has 1 unspecified atom stereocenters. The van der Waals surface area contributed by atoms with Crippen molar-refractivity contribution >= 4 is 16.0 Å². The molecule has 0 bridgehead atoms. The first kappa shape index (κ1) is 16.0. The van der Waals surface area contributed by atoms with E-state index >= 15 is 0 Å². The van der Waals surface area contributed by atoms with Gasteiger partial charge < -0.3 is 9.52 Å². The number of nitrogens with one attached hydrogen (secondary N) is 1. The first-order chi connectivity index (χ1) is 9.90. The van der Waals surface area contributed by atoms with Gasteiger partial charge in [-0.1, -0.05) is 6.42 Å². The van der Waals surface area contributed by atoms with Crippen molar-refractivity contribution in [1.82, 2.24) is 9.62 Å². The maximum atomic E-state index is 12.0. The Hall–Kier alpha value is -1.38. The van der Waals surface area contributed by atoms with Crippen LogP contribution in [0.15, 0.2) is 21.6 Å². The molecule has 0 saturated carbocycles. The molecule has 1 aliphatic heterocycles. The normalized spacial score (nSPS) is 18.5. The topological polar surface area (TPSA) is 99.8 Å². The molecule has 0 radical (unpaired) electrons. The lowest BCUT2D eigenvalue weighted by Crippen LogP contribution is -2.44. The second kappa shape index (κ2) is 6.59. The fourth-order valence-corrected chi connectivity index (χ4v) is 3.42. The van der Waals surface area contributed by atoms with Gasteiger partial charge in [0.2, 0.25) is 10.9 Å². The SMILES string of the molecule is CC(CNS(=O)(=O)c1ccc(C(=O)O)o1)N1CCCCC1. The molecular formula is C13H20N2O5S. The second-order valence-electron chi connectivity index (χ2n) is 5.22. The van der Waals surface area contributed by atoms with Gasteiger partial charge in [-0.25, -0.2) is 17.9 Å². The number of rotatable bonds is 6. The van der Waals surface area contributed by atoms with E-state index < -0.39 is 16.0 Å². The molecule has 118 valence electrons. The van der Waals surface area contributed by atoms with E-state index in [9.17, 15) is 13.2 Å². The number of furan rings is 1. The molecular weight excluding hydrogens is 296 g/mol. The number of sulfonamides is 1. The number of carboxylic acid groups (broad SMARTS) is 1. The molecule has 1 aromatic heterocycles. The summed E-state index contributed by atoms with van der Waals surface area (Å²) < 4.78 is 31.4. The highest BCUT2D eigenvalue weighted by atomic mass is 32.2. The number of nitrogens with zero attached hydrogens (tertiary/aromatic N) is 1. The number of likely N-dealkylation sites (tertiary alicyclic amines) is 1. The third-order valence-corrected chi connectivity index (χ3v) is 4.94. The molecule has 1 atom stereocenters. The van der Waals surface area contributed by atoms with Crippen LogP contribution in [0.5, 0.6) is 0 Å². The average Bonchev–Trinajstić information content (AvgIpc) is 2.97. The number of aromatic carboxylic acids is 1. The zero-order valence-electron chi connectivity index (χ0n) is 11.9. The molecule has 2 heterocycles. The van der Waals surface area contributed by atoms with E-state index in [-0.39, 0.29) is 23.4 Å². The van der Waals surface area contributed by atoms with Gasteiger partial charge in [0, 0.05) is 12.6 Å². The van der Waals surface area contributed by atoms with Gasteiger partial charge in [0.1, 0.15) is 0 Å². The Morgan fingerprint density at radius 3 is 2.62 bits per heavy atom. The van der Waals surface area contributed by atoms with Crippen LogP contribution in [0.3, 0.4) is 0 Å². The van der Waals surface area contributed by atoms with Crippen molar-refractivity contribution < 1.29 is 22.7 Å². The van der Waals surface area contributed by atoms with Crippen LogP contribution in [0.4, 0.5) is 0 Å². The summed E-state index contributed by atoms with van der Waals surface area (Å²) in [5.74, 6) is -1.68. The smallest absolute Gasteiger partial charge is 0.371 e. The number of carboxylic acids is 1. The van der Waals surface area contributed by atoms with Crippen molar-refractivity contribution in [2.24, 2.45) is 0 Å². The van der Waals surface area contributed by atoms with Crippen LogP contribution in [0.1, 0.15) is 36.7 Å². The van der Waals surface area contributed by atoms with Gasteiger partial charge in [0.05, 0.1) is 0 Å². The van der Waals surface area contributed by atoms with E-state index in [0.29, 0.717) is 0 Å². The molecule has 8 heteroatoms. The van der Waals surface area contributed by atoms with Crippen LogP contribution in [-0.4, -0.2) is 50.1 Å². The zero-order chi connectivity index (χ0) is 15.5. The lowest BCUT2D eigenvalue weighted by molar-refractivity contribution is 0.0656. The molecule has 0 aliphatic carbocycles. The van der Waals surface area contributed by atoms with Gasteiger partial charge in [0.25, 0.3) is 10.0 Å². The largest absolute Gasteiger partial charge is 0.475 e. The number of piperidine rings is 1. The summed E-state index contributed by atoms with van der Waals surface area (Å²) in [6.45, 7) is 4.20. The highest BCUT2D eigenvalue weighted by Crippen LogP contribution is 2.15. The third-order valence-electron chi connectivity index (χ3n) is 3.64. The minimum Gasteiger partial charge on any atom is -0.475 e. The van der Waals surface area contributed by atoms with Gasteiger partial charge in [-0.3, -0.25) is 4.90 Å². The molecule has 0 aromatic carbocycles. The Morgan fingerprint density at radius 2 is 2.05 bits per heavy atom. The summed E-state index contributed by atoms with van der Waals surface area (Å²) in [6.07, 6.45) is 3.49. The van der Waals surface area contributed by atoms with Crippen molar-refractivity contribution in [2.75, 3.05) is 19.6 Å². The summed E-state index contributed by atoms with van der Waals surface area (Å²) in [4.78, 5) is 12.9. The van der Waals surface area contributed by atoms with Crippen molar-refractivity contribution in [2.45, 2.75) is 37.3 Å². The highest BCUT2D eigenvalue weighted by Gasteiger charge is 2.23. The molecule has 2 N–H and O–H groups in total. The van der Waals surface area contributed by atoms with Gasteiger partial charge >= 0.3 is 5.97 Å². The van der Waals surface area contributed by atoms with Gasteiger partial charge in [-0.05, 0) is 45.0 Å². The second-order valence-corrected chi connectivity index (χ2v) is 6.92. The minimum absolute atomic E-state index is 0.0916. The molecule has 2 rings (SSSR count). The third kappa shape index (κ3) is 4.05. The summed E-state index contributed by atoms with van der Waals surface area (Å²) >= 11 is 0. The Labute approximate surface area is 124 Å². The van der Waals surface area contributed by atoms with Gasteiger partial charge in [-0.2, -0.15) is 0 Å². The molecule has 0 spiro atoms. The van der Waals surface area contributed by atoms with Gasteiger partial charge in [-0.15, -0.1) is 0 Å². The fourth-order valence-electron chi connectivity index (χ4n) is 2.37. The first-order valence-corrected chi connectivity index (χ1v) is 8.45. The van der Waals surface area contributed by atoms with Crippen LogP contribution in [-0.2, 0) is 10.0 Å². The van der Waals surface area contributed by atoms with E-state index in [4.69, 9.17) is 9.52 Å². The monoisotopic (exact) mass is 316 g/mol. The van der Waals surface area contributed by atoms with E-state index in [1.54, 1.807) is 0 Å². The number of carbonyl (C=O) groups is 1. The van der Waals surface area contributed by atoms with E-state index in [2.05, 4.69) is 9.62 Å². The van der Waals surface area contributed by atoms with Crippen molar-refractivity contribution in [1.29, 1.82) is 0 Å². The van der Waals surface area contributed by atoms with Crippen LogP contribution < -0.4 is 4.72 Å². The summed E-state index contributed by atoms with van der Waals surface area (Å²) in [6, 6.07) is 2.37. The molecule has 0 amide bonds. The fraction of sp³-hybridized carbons (Fsp3) is 0.615.